The number of benzene rings is 2. The number of para-hydroxylation sites is 1. The van der Waals surface area contributed by atoms with E-state index in [1.54, 1.807) is 12.1 Å². The molecule has 2 amide bonds. The van der Waals surface area contributed by atoms with Crippen LogP contribution in [0, 0.1) is 12.8 Å². The first-order chi connectivity index (χ1) is 12.1. The summed E-state index contributed by atoms with van der Waals surface area (Å²) in [6.45, 7) is 2.05. The summed E-state index contributed by atoms with van der Waals surface area (Å²) in [6.07, 6.45) is 0.721. The number of anilines is 1. The van der Waals surface area contributed by atoms with Gasteiger partial charge in [-0.2, -0.15) is 0 Å². The van der Waals surface area contributed by atoms with Crippen molar-refractivity contribution in [3.63, 3.8) is 0 Å². The Bertz CT molecular complexity index is 966. The molecule has 2 aromatic carbocycles. The zero-order valence-corrected chi connectivity index (χ0v) is 14.0. The highest BCUT2D eigenvalue weighted by Crippen LogP contribution is 2.28. The maximum Gasteiger partial charge on any atom is 0.237 e. The van der Waals surface area contributed by atoms with Gasteiger partial charge in [-0.25, -0.2) is 0 Å². The van der Waals surface area contributed by atoms with Gasteiger partial charge in [-0.1, -0.05) is 35.9 Å². The van der Waals surface area contributed by atoms with Gasteiger partial charge in [-0.15, -0.1) is 0 Å². The maximum atomic E-state index is 12.7. The van der Waals surface area contributed by atoms with Crippen LogP contribution < -0.4 is 4.90 Å². The molecule has 1 saturated heterocycles. The van der Waals surface area contributed by atoms with E-state index >= 15 is 0 Å². The Morgan fingerprint density at radius 1 is 1.04 bits per heavy atom. The highest BCUT2D eigenvalue weighted by Gasteiger charge is 2.39. The van der Waals surface area contributed by atoms with E-state index in [4.69, 9.17) is 0 Å². The number of nitrogens with zero attached hydrogens (tertiary/aromatic N) is 2. The first-order valence-corrected chi connectivity index (χ1v) is 8.40. The first-order valence-electron chi connectivity index (χ1n) is 8.40. The first kappa shape index (κ1) is 15.5. The van der Waals surface area contributed by atoms with Gasteiger partial charge in [0.25, 0.3) is 0 Å². The SMILES string of the molecule is Cc1ccc2nc(CC3CC(=O)N(c4ccccc4)C3=O)ccc2c1. The number of fused-ring (bicyclic) bond motifs is 1. The highest BCUT2D eigenvalue weighted by atomic mass is 16.2. The standard InChI is InChI=1S/C21H18N2O2/c1-14-7-10-19-15(11-14)8-9-17(22-19)12-16-13-20(24)23(21(16)25)18-5-3-2-4-6-18/h2-11,16H,12-13H2,1H3. The molecule has 4 heteroatoms. The minimum absolute atomic E-state index is 0.137. The Kier molecular flexibility index (Phi) is 3.80. The van der Waals surface area contributed by atoms with Crippen LogP contribution in [0.15, 0.2) is 60.7 Å². The fourth-order valence-electron chi connectivity index (χ4n) is 3.36. The lowest BCUT2D eigenvalue weighted by Crippen LogP contribution is -2.30. The number of pyridine rings is 1. The Morgan fingerprint density at radius 3 is 2.64 bits per heavy atom. The Hall–Kier alpha value is -3.01. The van der Waals surface area contributed by atoms with E-state index in [0.717, 1.165) is 16.6 Å². The van der Waals surface area contributed by atoms with Gasteiger partial charge in [0.1, 0.15) is 0 Å². The van der Waals surface area contributed by atoms with E-state index in [1.807, 2.05) is 49.4 Å². The number of carbonyl (C=O) groups is 2. The van der Waals surface area contributed by atoms with Crippen molar-refractivity contribution in [3.05, 3.63) is 71.9 Å². The van der Waals surface area contributed by atoms with E-state index < -0.39 is 0 Å². The second-order valence-electron chi connectivity index (χ2n) is 6.51. The number of amides is 2. The number of hydrogen-bond donors (Lipinski definition) is 0. The lowest BCUT2D eigenvalue weighted by Gasteiger charge is -2.14. The normalized spacial score (nSPS) is 17.5. The summed E-state index contributed by atoms with van der Waals surface area (Å²) >= 11 is 0. The van der Waals surface area contributed by atoms with Crippen LogP contribution in [0.5, 0.6) is 0 Å². The molecule has 0 saturated carbocycles. The number of imide groups is 1. The van der Waals surface area contributed by atoms with Crippen LogP contribution in [0.25, 0.3) is 10.9 Å². The topological polar surface area (TPSA) is 50.3 Å². The van der Waals surface area contributed by atoms with Gasteiger partial charge in [0, 0.05) is 23.9 Å². The fraction of sp³-hybridized carbons (Fsp3) is 0.190. The molecule has 124 valence electrons. The summed E-state index contributed by atoms with van der Waals surface area (Å²) in [5, 5.41) is 1.09. The van der Waals surface area contributed by atoms with Crippen LogP contribution in [0.1, 0.15) is 17.7 Å². The predicted octanol–water partition coefficient (Wildman–Crippen LogP) is 3.67. The Balaban J connectivity index is 1.58. The van der Waals surface area contributed by atoms with Crippen LogP contribution in [0.3, 0.4) is 0 Å². The molecule has 0 aliphatic carbocycles. The molecule has 4 nitrogen and oxygen atoms in total. The third-order valence-electron chi connectivity index (χ3n) is 4.61. The molecule has 1 aromatic heterocycles. The molecule has 0 radical (unpaired) electrons. The molecule has 0 N–H and O–H groups in total. The summed E-state index contributed by atoms with van der Waals surface area (Å²) < 4.78 is 0. The molecular formula is C21H18N2O2. The van der Waals surface area contributed by atoms with E-state index in [9.17, 15) is 9.59 Å². The van der Waals surface area contributed by atoms with Crippen molar-refractivity contribution in [2.24, 2.45) is 5.92 Å². The quantitative estimate of drug-likeness (QED) is 0.689. The summed E-state index contributed by atoms with van der Waals surface area (Å²) in [4.78, 5) is 31.0. The van der Waals surface area contributed by atoms with Gasteiger partial charge >= 0.3 is 0 Å². The van der Waals surface area contributed by atoms with Crippen LogP contribution in [-0.4, -0.2) is 16.8 Å². The molecule has 0 spiro atoms. The monoisotopic (exact) mass is 330 g/mol. The second-order valence-corrected chi connectivity index (χ2v) is 6.51. The zero-order chi connectivity index (χ0) is 17.4. The van der Waals surface area contributed by atoms with Crippen LogP contribution in [0.2, 0.25) is 0 Å². The van der Waals surface area contributed by atoms with Gasteiger partial charge in [0.05, 0.1) is 17.1 Å². The number of hydrogen-bond acceptors (Lipinski definition) is 3. The molecule has 3 aromatic rings. The molecule has 2 heterocycles. The molecular weight excluding hydrogens is 312 g/mol. The Morgan fingerprint density at radius 2 is 1.84 bits per heavy atom. The largest absolute Gasteiger partial charge is 0.274 e. The van der Waals surface area contributed by atoms with E-state index in [1.165, 1.54) is 10.5 Å². The van der Waals surface area contributed by atoms with E-state index in [0.29, 0.717) is 12.1 Å². The van der Waals surface area contributed by atoms with Gasteiger partial charge in [0.15, 0.2) is 0 Å². The lowest BCUT2D eigenvalue weighted by atomic mass is 10.0. The summed E-state index contributed by atoms with van der Waals surface area (Å²) in [5.74, 6) is -0.622. The predicted molar refractivity (Wildman–Crippen MR) is 97.2 cm³/mol. The molecule has 1 unspecified atom stereocenters. The van der Waals surface area contributed by atoms with Crippen molar-refractivity contribution in [2.75, 3.05) is 4.90 Å². The third-order valence-corrected chi connectivity index (χ3v) is 4.61. The molecule has 1 aliphatic heterocycles. The number of aromatic nitrogens is 1. The number of rotatable bonds is 3. The van der Waals surface area contributed by atoms with Crippen LogP contribution in [0.4, 0.5) is 5.69 Å². The zero-order valence-electron chi connectivity index (χ0n) is 14.0. The molecule has 1 atom stereocenters. The summed E-state index contributed by atoms with van der Waals surface area (Å²) in [6, 6.07) is 19.2. The van der Waals surface area contributed by atoms with Crippen molar-refractivity contribution in [1.82, 2.24) is 4.98 Å². The molecule has 1 aliphatic rings. The van der Waals surface area contributed by atoms with Crippen molar-refractivity contribution in [2.45, 2.75) is 19.8 Å². The van der Waals surface area contributed by atoms with Gasteiger partial charge < -0.3 is 0 Å². The van der Waals surface area contributed by atoms with Crippen LogP contribution in [-0.2, 0) is 16.0 Å². The average Bonchev–Trinajstić information content (AvgIpc) is 2.89. The van der Waals surface area contributed by atoms with Crippen molar-refractivity contribution < 1.29 is 9.59 Å². The average molecular weight is 330 g/mol. The van der Waals surface area contributed by atoms with Crippen molar-refractivity contribution in [1.29, 1.82) is 0 Å². The number of carbonyl (C=O) groups excluding carboxylic acids is 2. The van der Waals surface area contributed by atoms with Gasteiger partial charge in [-0.3, -0.25) is 19.5 Å². The van der Waals surface area contributed by atoms with E-state index in [-0.39, 0.29) is 24.2 Å². The maximum absolute atomic E-state index is 12.7. The fourth-order valence-corrected chi connectivity index (χ4v) is 3.36. The highest BCUT2D eigenvalue weighted by molar-refractivity contribution is 6.20. The van der Waals surface area contributed by atoms with Gasteiger partial charge in [-0.05, 0) is 37.3 Å². The molecule has 4 rings (SSSR count). The number of aryl methyl sites for hydroxylation is 1. The summed E-state index contributed by atoms with van der Waals surface area (Å²) in [7, 11) is 0. The van der Waals surface area contributed by atoms with Crippen LogP contribution >= 0.6 is 0 Å². The smallest absolute Gasteiger partial charge is 0.237 e. The second kappa shape index (κ2) is 6.13. The lowest BCUT2D eigenvalue weighted by molar-refractivity contribution is -0.122. The Labute approximate surface area is 146 Å². The van der Waals surface area contributed by atoms with Crippen molar-refractivity contribution >= 4 is 28.4 Å². The minimum Gasteiger partial charge on any atom is -0.274 e. The molecule has 1 fully saturated rings. The minimum atomic E-state index is -0.344. The van der Waals surface area contributed by atoms with Crippen molar-refractivity contribution in [3.8, 4) is 0 Å². The molecule has 0 bridgehead atoms. The third kappa shape index (κ3) is 2.91. The van der Waals surface area contributed by atoms with E-state index in [2.05, 4.69) is 11.1 Å². The summed E-state index contributed by atoms with van der Waals surface area (Å²) in [5.41, 5.74) is 3.59. The molecule has 25 heavy (non-hydrogen) atoms. The van der Waals surface area contributed by atoms with Gasteiger partial charge in [0.2, 0.25) is 11.8 Å².